The summed E-state index contributed by atoms with van der Waals surface area (Å²) < 4.78 is 0. The number of carbonyl (C=O) groups is 1. The predicted octanol–water partition coefficient (Wildman–Crippen LogP) is 4.47. The van der Waals surface area contributed by atoms with Crippen LogP contribution in [0.1, 0.15) is 11.4 Å². The molecule has 152 valence electrons. The van der Waals surface area contributed by atoms with Crippen LogP contribution >= 0.6 is 11.6 Å². The molecule has 0 N–H and O–H groups in total. The average molecular weight is 419 g/mol. The fourth-order valence-corrected chi connectivity index (χ4v) is 3.70. The molecule has 1 aliphatic heterocycles. The van der Waals surface area contributed by atoms with E-state index in [0.29, 0.717) is 18.1 Å². The van der Waals surface area contributed by atoms with E-state index in [1.807, 2.05) is 72.5 Å². The molecule has 1 fully saturated rings. The molecule has 2 heterocycles. The lowest BCUT2D eigenvalue weighted by Gasteiger charge is -2.35. The summed E-state index contributed by atoms with van der Waals surface area (Å²) in [6, 6.07) is 19.6. The Kier molecular flexibility index (Phi) is 6.10. The molecule has 0 aliphatic carbocycles. The number of anilines is 1. The maximum atomic E-state index is 12.6. The second kappa shape index (κ2) is 9.09. The molecule has 3 aromatic rings. The minimum atomic E-state index is -0.00147. The standard InChI is InChI=1S/C24H23ClN4O/c1-18-26-22(20-8-3-2-4-9-20)17-23(27-18)28-13-15-29(16-14-28)24(30)12-11-19-7-5-6-10-21(19)25/h2-12,17H,13-16H2,1H3/b12-11+. The van der Waals surface area contributed by atoms with Crippen LogP contribution in [-0.2, 0) is 4.79 Å². The topological polar surface area (TPSA) is 49.3 Å². The SMILES string of the molecule is Cc1nc(-c2ccccc2)cc(N2CCN(C(=O)/C=C/c3ccccc3Cl)CC2)n1. The molecule has 1 saturated heterocycles. The number of piperazine rings is 1. The Labute approximate surface area is 181 Å². The zero-order chi connectivity index (χ0) is 20.9. The van der Waals surface area contributed by atoms with Crippen molar-refractivity contribution in [1.29, 1.82) is 0 Å². The third-order valence-corrected chi connectivity index (χ3v) is 5.46. The summed E-state index contributed by atoms with van der Waals surface area (Å²) in [5.41, 5.74) is 2.83. The quantitative estimate of drug-likeness (QED) is 0.586. The molecule has 0 atom stereocenters. The summed E-state index contributed by atoms with van der Waals surface area (Å²) in [6.45, 7) is 4.67. The lowest BCUT2D eigenvalue weighted by atomic mass is 10.1. The third kappa shape index (κ3) is 4.69. The van der Waals surface area contributed by atoms with E-state index in [1.165, 1.54) is 0 Å². The summed E-state index contributed by atoms with van der Waals surface area (Å²) in [4.78, 5) is 25.8. The first kappa shape index (κ1) is 20.1. The van der Waals surface area contributed by atoms with Crippen molar-refractivity contribution in [2.75, 3.05) is 31.1 Å². The maximum absolute atomic E-state index is 12.6. The number of halogens is 1. The largest absolute Gasteiger partial charge is 0.353 e. The van der Waals surface area contributed by atoms with Crippen LogP contribution in [0.5, 0.6) is 0 Å². The van der Waals surface area contributed by atoms with Gasteiger partial charge in [0.2, 0.25) is 5.91 Å². The molecule has 0 bridgehead atoms. The van der Waals surface area contributed by atoms with Gasteiger partial charge in [0.25, 0.3) is 0 Å². The molecule has 1 aromatic heterocycles. The van der Waals surface area contributed by atoms with Gasteiger partial charge in [-0.05, 0) is 24.6 Å². The molecule has 6 heteroatoms. The second-order valence-corrected chi connectivity index (χ2v) is 7.60. The zero-order valence-electron chi connectivity index (χ0n) is 16.8. The van der Waals surface area contributed by atoms with Gasteiger partial charge in [-0.15, -0.1) is 0 Å². The zero-order valence-corrected chi connectivity index (χ0v) is 17.6. The van der Waals surface area contributed by atoms with Gasteiger partial charge in [-0.25, -0.2) is 9.97 Å². The van der Waals surface area contributed by atoms with Crippen LogP contribution in [0.2, 0.25) is 5.02 Å². The molecule has 0 radical (unpaired) electrons. The average Bonchev–Trinajstić information content (AvgIpc) is 2.78. The first-order valence-electron chi connectivity index (χ1n) is 9.98. The van der Waals surface area contributed by atoms with Gasteiger partial charge in [-0.1, -0.05) is 60.1 Å². The van der Waals surface area contributed by atoms with Gasteiger partial charge in [0.05, 0.1) is 5.69 Å². The van der Waals surface area contributed by atoms with E-state index in [0.717, 1.165) is 41.6 Å². The Morgan fingerprint density at radius 2 is 1.67 bits per heavy atom. The van der Waals surface area contributed by atoms with Crippen LogP contribution in [0, 0.1) is 6.92 Å². The van der Waals surface area contributed by atoms with Gasteiger partial charge < -0.3 is 9.80 Å². The fourth-order valence-electron chi connectivity index (χ4n) is 3.50. The highest BCUT2D eigenvalue weighted by atomic mass is 35.5. The van der Waals surface area contributed by atoms with Crippen LogP contribution in [0.25, 0.3) is 17.3 Å². The van der Waals surface area contributed by atoms with E-state index >= 15 is 0 Å². The lowest BCUT2D eigenvalue weighted by molar-refractivity contribution is -0.126. The van der Waals surface area contributed by atoms with E-state index in [1.54, 1.807) is 12.2 Å². The van der Waals surface area contributed by atoms with Crippen molar-refractivity contribution >= 4 is 29.4 Å². The van der Waals surface area contributed by atoms with Crippen molar-refractivity contribution in [3.63, 3.8) is 0 Å². The summed E-state index contributed by atoms with van der Waals surface area (Å²) in [6.07, 6.45) is 3.37. The Hall–Kier alpha value is -3.18. The van der Waals surface area contributed by atoms with E-state index in [4.69, 9.17) is 11.6 Å². The molecule has 30 heavy (non-hydrogen) atoms. The van der Waals surface area contributed by atoms with Crippen LogP contribution in [-0.4, -0.2) is 47.0 Å². The minimum absolute atomic E-state index is 0.00147. The van der Waals surface area contributed by atoms with Crippen LogP contribution in [0.4, 0.5) is 5.82 Å². The lowest BCUT2D eigenvalue weighted by Crippen LogP contribution is -2.48. The summed E-state index contributed by atoms with van der Waals surface area (Å²) in [7, 11) is 0. The monoisotopic (exact) mass is 418 g/mol. The number of hydrogen-bond acceptors (Lipinski definition) is 4. The highest BCUT2D eigenvalue weighted by Crippen LogP contribution is 2.23. The van der Waals surface area contributed by atoms with Crippen molar-refractivity contribution in [2.45, 2.75) is 6.92 Å². The highest BCUT2D eigenvalue weighted by molar-refractivity contribution is 6.32. The molecular weight excluding hydrogens is 396 g/mol. The molecule has 0 saturated carbocycles. The Bertz CT molecular complexity index is 1060. The van der Waals surface area contributed by atoms with Crippen LogP contribution < -0.4 is 4.90 Å². The van der Waals surface area contributed by atoms with Gasteiger partial charge in [0.1, 0.15) is 11.6 Å². The summed E-state index contributed by atoms with van der Waals surface area (Å²) >= 11 is 6.16. The third-order valence-electron chi connectivity index (χ3n) is 5.12. The first-order valence-corrected chi connectivity index (χ1v) is 10.4. The van der Waals surface area contributed by atoms with Gasteiger partial charge in [0, 0.05) is 48.9 Å². The summed E-state index contributed by atoms with van der Waals surface area (Å²) in [5, 5.41) is 0.639. The maximum Gasteiger partial charge on any atom is 0.246 e. The normalized spacial score (nSPS) is 14.3. The van der Waals surface area contributed by atoms with Crippen molar-refractivity contribution in [3.05, 3.63) is 83.2 Å². The van der Waals surface area contributed by atoms with E-state index in [-0.39, 0.29) is 5.91 Å². The smallest absolute Gasteiger partial charge is 0.246 e. The first-order chi connectivity index (χ1) is 14.6. The van der Waals surface area contributed by atoms with E-state index in [2.05, 4.69) is 14.9 Å². The second-order valence-electron chi connectivity index (χ2n) is 7.19. The fraction of sp³-hybridized carbons (Fsp3) is 0.208. The van der Waals surface area contributed by atoms with Crippen LogP contribution in [0.3, 0.4) is 0 Å². The van der Waals surface area contributed by atoms with E-state index in [9.17, 15) is 4.79 Å². The van der Waals surface area contributed by atoms with Crippen molar-refractivity contribution < 1.29 is 4.79 Å². The van der Waals surface area contributed by atoms with Crippen molar-refractivity contribution in [2.24, 2.45) is 0 Å². The number of nitrogens with zero attached hydrogens (tertiary/aromatic N) is 4. The number of hydrogen-bond donors (Lipinski definition) is 0. The molecule has 1 amide bonds. The number of rotatable bonds is 4. The number of benzene rings is 2. The molecule has 4 rings (SSSR count). The summed E-state index contributed by atoms with van der Waals surface area (Å²) in [5.74, 6) is 1.64. The van der Waals surface area contributed by atoms with Crippen LogP contribution in [0.15, 0.2) is 66.7 Å². The van der Waals surface area contributed by atoms with Gasteiger partial charge in [0.15, 0.2) is 0 Å². The number of aryl methyl sites for hydroxylation is 1. The van der Waals surface area contributed by atoms with Gasteiger partial charge in [-0.3, -0.25) is 4.79 Å². The number of amides is 1. The Balaban J connectivity index is 1.42. The number of carbonyl (C=O) groups excluding carboxylic acids is 1. The van der Waals surface area contributed by atoms with Crippen molar-refractivity contribution in [1.82, 2.24) is 14.9 Å². The minimum Gasteiger partial charge on any atom is -0.353 e. The van der Waals surface area contributed by atoms with E-state index < -0.39 is 0 Å². The molecule has 1 aliphatic rings. The molecule has 2 aromatic carbocycles. The Morgan fingerprint density at radius 3 is 2.40 bits per heavy atom. The molecule has 0 spiro atoms. The highest BCUT2D eigenvalue weighted by Gasteiger charge is 2.21. The number of aromatic nitrogens is 2. The van der Waals surface area contributed by atoms with Crippen molar-refractivity contribution in [3.8, 4) is 11.3 Å². The predicted molar refractivity (Wildman–Crippen MR) is 121 cm³/mol. The van der Waals surface area contributed by atoms with Gasteiger partial charge in [-0.2, -0.15) is 0 Å². The molecule has 5 nitrogen and oxygen atoms in total. The van der Waals surface area contributed by atoms with Gasteiger partial charge >= 0.3 is 0 Å². The molecular formula is C24H23ClN4O. The Morgan fingerprint density at radius 1 is 0.967 bits per heavy atom. The molecule has 0 unspecified atom stereocenters.